The Morgan fingerprint density at radius 3 is 2.56 bits per heavy atom. The molecule has 16 heteroatoms. The van der Waals surface area contributed by atoms with E-state index in [2.05, 4.69) is 25.4 Å². The summed E-state index contributed by atoms with van der Waals surface area (Å²) in [5.41, 5.74) is 7.72. The molecule has 0 saturated carbocycles. The van der Waals surface area contributed by atoms with E-state index in [1.54, 1.807) is 30.0 Å². The van der Waals surface area contributed by atoms with Crippen molar-refractivity contribution in [3.05, 3.63) is 58.0 Å². The Morgan fingerprint density at radius 2 is 1.91 bits per heavy atom. The van der Waals surface area contributed by atoms with Crippen molar-refractivity contribution in [3.8, 4) is 0 Å². The largest absolute Gasteiger partial charge is 0.495 e. The van der Waals surface area contributed by atoms with Crippen LogP contribution in [-0.4, -0.2) is 65.0 Å². The highest BCUT2D eigenvalue weighted by molar-refractivity contribution is 6.30. The number of carbonyl (C=O) groups is 4. The van der Waals surface area contributed by atoms with E-state index in [9.17, 15) is 36.7 Å². The van der Waals surface area contributed by atoms with Gasteiger partial charge in [0.15, 0.2) is 0 Å². The molecule has 11 nitrogen and oxygen atoms in total. The summed E-state index contributed by atoms with van der Waals surface area (Å²) < 4.78 is 50.5. The number of aryl methyl sites for hydroxylation is 1. The number of rotatable bonds is 10. The van der Waals surface area contributed by atoms with E-state index < -0.39 is 54.3 Å². The molecule has 43 heavy (non-hydrogen) atoms. The Hall–Kier alpha value is -3.98. The topological polar surface area (TPSA) is 153 Å². The number of pyridine rings is 1. The normalized spacial score (nSPS) is 17.7. The number of hydrogen-bond donors (Lipinski definition) is 3. The molecule has 1 aliphatic rings. The number of nitrogens with one attached hydrogen (secondary N) is 2. The van der Waals surface area contributed by atoms with Gasteiger partial charge < -0.3 is 16.4 Å². The van der Waals surface area contributed by atoms with Gasteiger partial charge in [0.25, 0.3) is 0 Å². The van der Waals surface area contributed by atoms with Crippen molar-refractivity contribution in [2.24, 2.45) is 5.92 Å². The minimum Gasteiger partial charge on any atom is -0.384 e. The minimum atomic E-state index is -5.34. The van der Waals surface area contributed by atoms with Crippen molar-refractivity contribution in [3.63, 3.8) is 0 Å². The van der Waals surface area contributed by atoms with Gasteiger partial charge in [-0.3, -0.25) is 14.5 Å². The number of halogens is 5. The van der Waals surface area contributed by atoms with Crippen molar-refractivity contribution >= 4 is 41.2 Å². The molecule has 0 bridgehead atoms. The molecule has 234 valence electrons. The average molecular weight is 632 g/mol. The molecule has 2 heterocycles. The molecule has 4 N–H and O–H groups in total. The molecule has 2 amide bonds. The molecule has 0 spiro atoms. The zero-order chi connectivity index (χ0) is 31.9. The second kappa shape index (κ2) is 14.5. The zero-order valence-electron chi connectivity index (χ0n) is 23.2. The molecule has 3 atom stereocenters. The Kier molecular flexibility index (Phi) is 11.3. The van der Waals surface area contributed by atoms with Crippen LogP contribution in [0.2, 0.25) is 5.02 Å². The van der Waals surface area contributed by atoms with Gasteiger partial charge >= 0.3 is 18.1 Å². The molecule has 0 radical (unpaired) electrons. The predicted octanol–water partition coefficient (Wildman–Crippen LogP) is 2.77. The fraction of sp³-hybridized carbons (Fsp3) is 0.444. The fourth-order valence-corrected chi connectivity index (χ4v) is 4.78. The van der Waals surface area contributed by atoms with Crippen molar-refractivity contribution in [1.82, 2.24) is 20.5 Å². The lowest BCUT2D eigenvalue weighted by Crippen LogP contribution is -2.51. The van der Waals surface area contributed by atoms with E-state index in [1.807, 2.05) is 0 Å². The SMILES string of the molecule is Cc1nc(N)ccc1CNC(=O)[C@H](C)NC(=O)[C@H]1C[C@H](Cc2ccc(F)c(Cl)c2)CN1CCC(=O)OOC(=O)C(F)(F)F. The molecule has 1 fully saturated rings. The van der Waals surface area contributed by atoms with Gasteiger partial charge in [-0.25, -0.2) is 28.7 Å². The van der Waals surface area contributed by atoms with Gasteiger partial charge in [-0.1, -0.05) is 23.7 Å². The number of nitrogen functional groups attached to an aromatic ring is 1. The number of amides is 2. The maximum Gasteiger partial charge on any atom is 0.495 e. The lowest BCUT2D eigenvalue weighted by Gasteiger charge is -2.24. The first-order valence-electron chi connectivity index (χ1n) is 13.1. The molecule has 1 aromatic carbocycles. The molecule has 0 aliphatic carbocycles. The van der Waals surface area contributed by atoms with Gasteiger partial charge in [-0.2, -0.15) is 13.2 Å². The maximum atomic E-state index is 13.6. The van der Waals surface area contributed by atoms with Crippen LogP contribution in [0, 0.1) is 18.7 Å². The van der Waals surface area contributed by atoms with Crippen LogP contribution in [0.15, 0.2) is 30.3 Å². The first-order chi connectivity index (χ1) is 20.1. The monoisotopic (exact) mass is 631 g/mol. The van der Waals surface area contributed by atoms with Gasteiger partial charge in [-0.05, 0) is 61.9 Å². The Balaban J connectivity index is 1.62. The van der Waals surface area contributed by atoms with Crippen molar-refractivity contribution < 1.29 is 46.5 Å². The number of likely N-dealkylation sites (tertiary alicyclic amines) is 1. The van der Waals surface area contributed by atoms with Gasteiger partial charge in [-0.15, -0.1) is 0 Å². The van der Waals surface area contributed by atoms with Crippen LogP contribution in [0.5, 0.6) is 0 Å². The third kappa shape index (κ3) is 9.78. The van der Waals surface area contributed by atoms with Gasteiger partial charge in [0, 0.05) is 25.3 Å². The summed E-state index contributed by atoms with van der Waals surface area (Å²) in [6, 6.07) is 5.78. The second-order valence-electron chi connectivity index (χ2n) is 10.1. The van der Waals surface area contributed by atoms with Crippen LogP contribution in [0.4, 0.5) is 23.4 Å². The highest BCUT2D eigenvalue weighted by atomic mass is 35.5. The number of benzene rings is 1. The molecule has 1 saturated heterocycles. The summed E-state index contributed by atoms with van der Waals surface area (Å²) in [5, 5.41) is 5.30. The van der Waals surface area contributed by atoms with Crippen molar-refractivity contribution in [1.29, 1.82) is 0 Å². The van der Waals surface area contributed by atoms with Crippen LogP contribution in [-0.2, 0) is 41.9 Å². The Bertz CT molecular complexity index is 1360. The number of carbonyl (C=O) groups excluding carboxylic acids is 4. The summed E-state index contributed by atoms with van der Waals surface area (Å²) in [4.78, 5) is 61.9. The van der Waals surface area contributed by atoms with Gasteiger partial charge in [0.05, 0.1) is 17.5 Å². The van der Waals surface area contributed by atoms with Crippen LogP contribution in [0.25, 0.3) is 0 Å². The number of aromatic nitrogens is 1. The molecule has 3 rings (SSSR count). The van der Waals surface area contributed by atoms with E-state index in [-0.39, 0.29) is 37.0 Å². The number of nitrogens with zero attached hydrogens (tertiary/aromatic N) is 2. The highest BCUT2D eigenvalue weighted by Gasteiger charge is 2.43. The maximum absolute atomic E-state index is 13.6. The van der Waals surface area contributed by atoms with Crippen molar-refractivity contribution in [2.45, 2.75) is 57.9 Å². The van der Waals surface area contributed by atoms with Crippen LogP contribution in [0.1, 0.15) is 36.6 Å². The van der Waals surface area contributed by atoms with Crippen LogP contribution >= 0.6 is 11.6 Å². The van der Waals surface area contributed by atoms with E-state index in [0.29, 0.717) is 23.5 Å². The first kappa shape index (κ1) is 33.5. The summed E-state index contributed by atoms with van der Waals surface area (Å²) in [6.07, 6.45) is -5.17. The summed E-state index contributed by atoms with van der Waals surface area (Å²) in [6.45, 7) is 3.52. The molecule has 2 aromatic rings. The van der Waals surface area contributed by atoms with Gasteiger partial charge in [0.1, 0.15) is 17.7 Å². The molecular weight excluding hydrogens is 602 g/mol. The van der Waals surface area contributed by atoms with E-state index in [1.165, 1.54) is 19.1 Å². The number of anilines is 1. The Labute approximate surface area is 249 Å². The molecular formula is C27H30ClF4N5O6. The summed E-state index contributed by atoms with van der Waals surface area (Å²) in [7, 11) is 0. The molecule has 0 unspecified atom stereocenters. The quantitative estimate of drug-likeness (QED) is 0.204. The Morgan fingerprint density at radius 1 is 1.19 bits per heavy atom. The highest BCUT2D eigenvalue weighted by Crippen LogP contribution is 2.28. The predicted molar refractivity (Wildman–Crippen MR) is 144 cm³/mol. The number of hydrogen-bond acceptors (Lipinski definition) is 9. The van der Waals surface area contributed by atoms with E-state index in [4.69, 9.17) is 17.3 Å². The number of alkyl halides is 3. The first-order valence-corrected chi connectivity index (χ1v) is 13.5. The minimum absolute atomic E-state index is 0.0671. The average Bonchev–Trinajstić information content (AvgIpc) is 3.33. The summed E-state index contributed by atoms with van der Waals surface area (Å²) in [5.74, 6) is -5.35. The van der Waals surface area contributed by atoms with E-state index >= 15 is 0 Å². The van der Waals surface area contributed by atoms with Gasteiger partial charge in [0.2, 0.25) is 11.8 Å². The summed E-state index contributed by atoms with van der Waals surface area (Å²) >= 11 is 5.88. The number of nitrogens with two attached hydrogens (primary N) is 1. The standard InChI is InChI=1S/C27H30ClF4N5O6/c1-14-18(4-6-22(33)35-14)12-34-24(39)15(2)36-25(40)21-11-17(9-16-3-5-20(29)19(28)10-16)13-37(21)8-7-23(38)42-43-26(41)27(30,31)32/h3-6,10,15,17,21H,7-9,11-13H2,1-2H3,(H2,33,35)(H,34,39)(H,36,40)/t15-,17-,21+/m0/s1. The lowest BCUT2D eigenvalue weighted by atomic mass is 9.96. The van der Waals surface area contributed by atoms with Crippen molar-refractivity contribution in [2.75, 3.05) is 18.8 Å². The fourth-order valence-electron chi connectivity index (χ4n) is 4.58. The zero-order valence-corrected chi connectivity index (χ0v) is 23.9. The molecule has 1 aromatic heterocycles. The van der Waals surface area contributed by atoms with Crippen LogP contribution in [0.3, 0.4) is 0 Å². The second-order valence-corrected chi connectivity index (χ2v) is 10.5. The molecule has 1 aliphatic heterocycles. The third-order valence-corrected chi connectivity index (χ3v) is 7.06. The van der Waals surface area contributed by atoms with Crippen LogP contribution < -0.4 is 16.4 Å². The third-order valence-electron chi connectivity index (χ3n) is 6.77. The lowest BCUT2D eigenvalue weighted by molar-refractivity contribution is -0.285. The smallest absolute Gasteiger partial charge is 0.384 e. The van der Waals surface area contributed by atoms with E-state index in [0.717, 1.165) is 5.56 Å².